The third-order valence-corrected chi connectivity index (χ3v) is 4.84. The average molecular weight is 445 g/mol. The highest BCUT2D eigenvalue weighted by Gasteiger charge is 2.08. The van der Waals surface area contributed by atoms with Gasteiger partial charge in [0, 0.05) is 34.7 Å². The van der Waals surface area contributed by atoms with Gasteiger partial charge >= 0.3 is 0 Å². The predicted octanol–water partition coefficient (Wildman–Crippen LogP) is 4.44. The fourth-order valence-electron chi connectivity index (χ4n) is 3.09. The SMILES string of the molecule is CCCNC(=O)c1ccc(NCC(=O)Nc2ccc(NC(=O)c3cccc(C)c3)cc2)cc1. The highest BCUT2D eigenvalue weighted by atomic mass is 16.2. The van der Waals surface area contributed by atoms with Gasteiger partial charge in [-0.2, -0.15) is 0 Å². The van der Waals surface area contributed by atoms with Crippen molar-refractivity contribution in [2.45, 2.75) is 20.3 Å². The van der Waals surface area contributed by atoms with Crippen LogP contribution in [0.2, 0.25) is 0 Å². The summed E-state index contributed by atoms with van der Waals surface area (Å²) < 4.78 is 0. The average Bonchev–Trinajstić information content (AvgIpc) is 2.82. The van der Waals surface area contributed by atoms with E-state index in [0.29, 0.717) is 29.0 Å². The molecule has 4 N–H and O–H groups in total. The summed E-state index contributed by atoms with van der Waals surface area (Å²) >= 11 is 0. The van der Waals surface area contributed by atoms with Gasteiger partial charge in [0.05, 0.1) is 6.54 Å². The molecule has 3 rings (SSSR count). The molecule has 33 heavy (non-hydrogen) atoms. The van der Waals surface area contributed by atoms with Crippen molar-refractivity contribution in [3.63, 3.8) is 0 Å². The molecule has 0 aliphatic carbocycles. The van der Waals surface area contributed by atoms with Crippen molar-refractivity contribution < 1.29 is 14.4 Å². The quantitative estimate of drug-likeness (QED) is 0.392. The van der Waals surface area contributed by atoms with Crippen LogP contribution in [0, 0.1) is 6.92 Å². The van der Waals surface area contributed by atoms with Crippen LogP contribution in [0.5, 0.6) is 0 Å². The third kappa shape index (κ3) is 7.21. The van der Waals surface area contributed by atoms with Crippen LogP contribution in [-0.2, 0) is 4.79 Å². The highest BCUT2D eigenvalue weighted by Crippen LogP contribution is 2.15. The zero-order valence-electron chi connectivity index (χ0n) is 18.8. The van der Waals surface area contributed by atoms with Gasteiger partial charge in [-0.15, -0.1) is 0 Å². The zero-order valence-corrected chi connectivity index (χ0v) is 18.8. The number of rotatable bonds is 9. The Morgan fingerprint density at radius 1 is 0.727 bits per heavy atom. The molecule has 0 heterocycles. The smallest absolute Gasteiger partial charge is 0.255 e. The Balaban J connectivity index is 1.46. The first-order valence-corrected chi connectivity index (χ1v) is 10.8. The van der Waals surface area contributed by atoms with E-state index in [1.54, 1.807) is 54.6 Å². The maximum absolute atomic E-state index is 12.3. The molecule has 7 heteroatoms. The maximum Gasteiger partial charge on any atom is 0.255 e. The largest absolute Gasteiger partial charge is 0.376 e. The Labute approximate surface area is 193 Å². The van der Waals surface area contributed by atoms with E-state index < -0.39 is 0 Å². The summed E-state index contributed by atoms with van der Waals surface area (Å²) in [6.07, 6.45) is 0.880. The lowest BCUT2D eigenvalue weighted by atomic mass is 10.1. The number of benzene rings is 3. The minimum Gasteiger partial charge on any atom is -0.376 e. The van der Waals surface area contributed by atoms with Crippen molar-refractivity contribution >= 4 is 34.8 Å². The molecule has 0 fully saturated rings. The van der Waals surface area contributed by atoms with Crippen molar-refractivity contribution in [1.29, 1.82) is 0 Å². The van der Waals surface area contributed by atoms with Gasteiger partial charge in [-0.25, -0.2) is 0 Å². The lowest BCUT2D eigenvalue weighted by Crippen LogP contribution is -2.24. The number of aryl methyl sites for hydroxylation is 1. The van der Waals surface area contributed by atoms with Crippen LogP contribution in [0.1, 0.15) is 39.6 Å². The zero-order chi connectivity index (χ0) is 23.6. The molecule has 0 aliphatic heterocycles. The second kappa shape index (κ2) is 11.5. The van der Waals surface area contributed by atoms with E-state index in [-0.39, 0.29) is 24.3 Å². The number of amides is 3. The van der Waals surface area contributed by atoms with Gasteiger partial charge in [0.15, 0.2) is 0 Å². The fourth-order valence-corrected chi connectivity index (χ4v) is 3.09. The molecule has 0 aliphatic rings. The van der Waals surface area contributed by atoms with E-state index in [4.69, 9.17) is 0 Å². The minimum absolute atomic E-state index is 0.0766. The van der Waals surface area contributed by atoms with Crippen LogP contribution in [0.25, 0.3) is 0 Å². The van der Waals surface area contributed by atoms with Gasteiger partial charge in [-0.05, 0) is 74.0 Å². The van der Waals surface area contributed by atoms with Crippen molar-refractivity contribution in [1.82, 2.24) is 5.32 Å². The first kappa shape index (κ1) is 23.5. The molecule has 0 saturated heterocycles. The number of anilines is 3. The lowest BCUT2D eigenvalue weighted by Gasteiger charge is -2.10. The van der Waals surface area contributed by atoms with E-state index in [1.807, 2.05) is 32.0 Å². The van der Waals surface area contributed by atoms with E-state index in [1.165, 1.54) is 0 Å². The Bertz CT molecular complexity index is 1110. The van der Waals surface area contributed by atoms with Crippen LogP contribution in [0.15, 0.2) is 72.8 Å². The second-order valence-electron chi connectivity index (χ2n) is 7.64. The standard InChI is InChI=1S/C26H28N4O3/c1-3-15-27-25(32)19-7-9-21(10-8-19)28-17-24(31)29-22-11-13-23(14-12-22)30-26(33)20-6-4-5-18(2)16-20/h4-14,16,28H,3,15,17H2,1-2H3,(H,27,32)(H,29,31)(H,30,33). The number of nitrogens with one attached hydrogen (secondary N) is 4. The lowest BCUT2D eigenvalue weighted by molar-refractivity contribution is -0.114. The molecule has 0 unspecified atom stereocenters. The van der Waals surface area contributed by atoms with Crippen LogP contribution < -0.4 is 21.3 Å². The van der Waals surface area contributed by atoms with E-state index in [9.17, 15) is 14.4 Å². The molecule has 3 aromatic carbocycles. The highest BCUT2D eigenvalue weighted by molar-refractivity contribution is 6.04. The summed E-state index contributed by atoms with van der Waals surface area (Å²) in [6, 6.07) is 21.3. The van der Waals surface area contributed by atoms with Gasteiger partial charge in [0.25, 0.3) is 11.8 Å². The van der Waals surface area contributed by atoms with Gasteiger partial charge in [-0.1, -0.05) is 24.6 Å². The number of hydrogen-bond donors (Lipinski definition) is 4. The molecular weight excluding hydrogens is 416 g/mol. The topological polar surface area (TPSA) is 99.3 Å². The maximum atomic E-state index is 12.3. The number of carbonyl (C=O) groups is 3. The first-order chi connectivity index (χ1) is 15.9. The van der Waals surface area contributed by atoms with E-state index >= 15 is 0 Å². The molecule has 0 saturated carbocycles. The molecule has 7 nitrogen and oxygen atoms in total. The molecule has 0 aromatic heterocycles. The normalized spacial score (nSPS) is 10.2. The number of carbonyl (C=O) groups excluding carboxylic acids is 3. The Morgan fingerprint density at radius 2 is 1.36 bits per heavy atom. The second-order valence-corrected chi connectivity index (χ2v) is 7.64. The molecule has 0 radical (unpaired) electrons. The number of hydrogen-bond acceptors (Lipinski definition) is 4. The van der Waals surface area contributed by atoms with Crippen LogP contribution >= 0.6 is 0 Å². The minimum atomic E-state index is -0.212. The Kier molecular flexibility index (Phi) is 8.18. The molecule has 3 aromatic rings. The van der Waals surface area contributed by atoms with Gasteiger partial charge in [0.2, 0.25) is 5.91 Å². The first-order valence-electron chi connectivity index (χ1n) is 10.8. The molecule has 170 valence electrons. The third-order valence-electron chi connectivity index (χ3n) is 4.84. The van der Waals surface area contributed by atoms with Crippen LogP contribution in [-0.4, -0.2) is 30.8 Å². The Morgan fingerprint density at radius 3 is 2.00 bits per heavy atom. The summed E-state index contributed by atoms with van der Waals surface area (Å²) in [6.45, 7) is 4.65. The Hall–Kier alpha value is -4.13. The molecular formula is C26H28N4O3. The fraction of sp³-hybridized carbons (Fsp3) is 0.192. The monoisotopic (exact) mass is 444 g/mol. The molecule has 0 spiro atoms. The van der Waals surface area contributed by atoms with Crippen LogP contribution in [0.4, 0.5) is 17.1 Å². The van der Waals surface area contributed by atoms with Crippen molar-refractivity contribution in [3.8, 4) is 0 Å². The molecule has 0 atom stereocenters. The molecule has 0 bridgehead atoms. The van der Waals surface area contributed by atoms with E-state index in [2.05, 4.69) is 21.3 Å². The van der Waals surface area contributed by atoms with Crippen molar-refractivity contribution in [3.05, 3.63) is 89.5 Å². The van der Waals surface area contributed by atoms with Gasteiger partial charge in [-0.3, -0.25) is 14.4 Å². The summed E-state index contributed by atoms with van der Waals surface area (Å²) in [5.74, 6) is -0.510. The van der Waals surface area contributed by atoms with Crippen molar-refractivity contribution in [2.75, 3.05) is 29.0 Å². The molecule has 3 amide bonds. The summed E-state index contributed by atoms with van der Waals surface area (Å²) in [4.78, 5) is 36.5. The summed E-state index contributed by atoms with van der Waals surface area (Å²) in [5, 5.41) is 11.5. The summed E-state index contributed by atoms with van der Waals surface area (Å²) in [5.41, 5.74) is 4.19. The summed E-state index contributed by atoms with van der Waals surface area (Å²) in [7, 11) is 0. The van der Waals surface area contributed by atoms with E-state index in [0.717, 1.165) is 17.7 Å². The predicted molar refractivity (Wildman–Crippen MR) is 132 cm³/mol. The van der Waals surface area contributed by atoms with Gasteiger partial charge in [0.1, 0.15) is 0 Å². The van der Waals surface area contributed by atoms with Crippen molar-refractivity contribution in [2.24, 2.45) is 0 Å². The van der Waals surface area contributed by atoms with Crippen LogP contribution in [0.3, 0.4) is 0 Å². The van der Waals surface area contributed by atoms with Gasteiger partial charge < -0.3 is 21.3 Å².